The summed E-state index contributed by atoms with van der Waals surface area (Å²) in [6.07, 6.45) is 0. The first kappa shape index (κ1) is 13.5. The third-order valence-electron chi connectivity index (χ3n) is 2.41. The summed E-state index contributed by atoms with van der Waals surface area (Å²) in [5.41, 5.74) is 0. The van der Waals surface area contributed by atoms with Crippen molar-refractivity contribution >= 4 is 15.9 Å². The minimum Gasteiger partial charge on any atom is -0.492 e. The highest BCUT2D eigenvalue weighted by molar-refractivity contribution is 9.10. The predicted octanol–water partition coefficient (Wildman–Crippen LogP) is 3.31. The number of ether oxygens (including phenoxy) is 1. The lowest BCUT2D eigenvalue weighted by molar-refractivity contribution is 0.222. The fourth-order valence-corrected chi connectivity index (χ4v) is 1.89. The van der Waals surface area contributed by atoms with Gasteiger partial charge in [0.15, 0.2) is 0 Å². The minimum absolute atomic E-state index is 0.285. The number of benzene rings is 1. The zero-order chi connectivity index (χ0) is 12.0. The smallest absolute Gasteiger partial charge is 0.128 e. The van der Waals surface area contributed by atoms with Crippen molar-refractivity contribution in [2.24, 2.45) is 0 Å². The van der Waals surface area contributed by atoms with E-state index in [-0.39, 0.29) is 5.82 Å². The first-order chi connectivity index (χ1) is 7.65. The van der Waals surface area contributed by atoms with Gasteiger partial charge in [-0.05, 0) is 25.2 Å². The van der Waals surface area contributed by atoms with Crippen LogP contribution in [0.4, 0.5) is 4.39 Å². The summed E-state index contributed by atoms with van der Waals surface area (Å²) in [4.78, 5) is 2.26. The molecule has 0 saturated heterocycles. The average molecular weight is 290 g/mol. The van der Waals surface area contributed by atoms with E-state index in [4.69, 9.17) is 4.74 Å². The van der Waals surface area contributed by atoms with Gasteiger partial charge in [0, 0.05) is 17.1 Å². The standard InChI is InChI=1S/C12H17BrFNO/c1-3-15(4-2)5-6-16-12-8-10(13)7-11(14)9-12/h7-9H,3-6H2,1-2H3. The molecule has 0 aliphatic heterocycles. The highest BCUT2D eigenvalue weighted by Crippen LogP contribution is 2.20. The Morgan fingerprint density at radius 3 is 2.50 bits per heavy atom. The number of rotatable bonds is 6. The largest absolute Gasteiger partial charge is 0.492 e. The van der Waals surface area contributed by atoms with Gasteiger partial charge in [-0.25, -0.2) is 4.39 Å². The summed E-state index contributed by atoms with van der Waals surface area (Å²) >= 11 is 3.23. The summed E-state index contributed by atoms with van der Waals surface area (Å²) in [6.45, 7) is 7.68. The van der Waals surface area contributed by atoms with E-state index in [1.165, 1.54) is 12.1 Å². The molecule has 0 amide bonds. The third-order valence-corrected chi connectivity index (χ3v) is 2.86. The topological polar surface area (TPSA) is 12.5 Å². The third kappa shape index (κ3) is 4.49. The van der Waals surface area contributed by atoms with Crippen LogP contribution in [0.15, 0.2) is 22.7 Å². The molecule has 0 atom stereocenters. The molecule has 0 bridgehead atoms. The van der Waals surface area contributed by atoms with Crippen LogP contribution in [0.3, 0.4) is 0 Å². The second kappa shape index (κ2) is 6.86. The van der Waals surface area contributed by atoms with Crippen molar-refractivity contribution in [3.63, 3.8) is 0 Å². The minimum atomic E-state index is -0.285. The second-order valence-electron chi connectivity index (χ2n) is 3.48. The zero-order valence-electron chi connectivity index (χ0n) is 9.67. The maximum atomic E-state index is 13.0. The van der Waals surface area contributed by atoms with Gasteiger partial charge < -0.3 is 9.64 Å². The fourth-order valence-electron chi connectivity index (χ4n) is 1.44. The van der Waals surface area contributed by atoms with Crippen LogP contribution in [-0.4, -0.2) is 31.1 Å². The van der Waals surface area contributed by atoms with Gasteiger partial charge in [0.05, 0.1) is 0 Å². The molecule has 0 N–H and O–H groups in total. The Morgan fingerprint density at radius 2 is 1.94 bits per heavy atom. The summed E-state index contributed by atoms with van der Waals surface area (Å²) in [5, 5.41) is 0. The Balaban J connectivity index is 2.42. The van der Waals surface area contributed by atoms with E-state index in [1.54, 1.807) is 6.07 Å². The molecule has 0 spiro atoms. The van der Waals surface area contributed by atoms with E-state index in [0.29, 0.717) is 16.8 Å². The van der Waals surface area contributed by atoms with Crippen molar-refractivity contribution < 1.29 is 9.13 Å². The molecule has 0 aromatic heterocycles. The van der Waals surface area contributed by atoms with Crippen LogP contribution in [0, 0.1) is 5.82 Å². The van der Waals surface area contributed by atoms with Crippen molar-refractivity contribution in [2.75, 3.05) is 26.2 Å². The molecular weight excluding hydrogens is 273 g/mol. The van der Waals surface area contributed by atoms with E-state index < -0.39 is 0 Å². The first-order valence-electron chi connectivity index (χ1n) is 5.47. The van der Waals surface area contributed by atoms with Crippen molar-refractivity contribution in [1.29, 1.82) is 0 Å². The number of hydrogen-bond donors (Lipinski definition) is 0. The first-order valence-corrected chi connectivity index (χ1v) is 6.26. The Kier molecular flexibility index (Phi) is 5.77. The quantitative estimate of drug-likeness (QED) is 0.797. The number of halogens is 2. The van der Waals surface area contributed by atoms with Crippen LogP contribution in [0.5, 0.6) is 5.75 Å². The van der Waals surface area contributed by atoms with Crippen molar-refractivity contribution in [3.05, 3.63) is 28.5 Å². The Labute approximate surface area is 105 Å². The molecule has 1 rings (SSSR count). The van der Waals surface area contributed by atoms with E-state index in [0.717, 1.165) is 19.6 Å². The van der Waals surface area contributed by atoms with Gasteiger partial charge in [-0.15, -0.1) is 0 Å². The Hall–Kier alpha value is -0.610. The van der Waals surface area contributed by atoms with Crippen LogP contribution < -0.4 is 4.74 Å². The lowest BCUT2D eigenvalue weighted by atomic mass is 10.3. The lowest BCUT2D eigenvalue weighted by Crippen LogP contribution is -2.27. The van der Waals surface area contributed by atoms with Gasteiger partial charge in [0.25, 0.3) is 0 Å². The molecule has 2 nitrogen and oxygen atoms in total. The van der Waals surface area contributed by atoms with Crippen LogP contribution in [0.25, 0.3) is 0 Å². The molecule has 0 heterocycles. The van der Waals surface area contributed by atoms with Crippen LogP contribution in [0.1, 0.15) is 13.8 Å². The van der Waals surface area contributed by atoms with Crippen molar-refractivity contribution in [3.8, 4) is 5.75 Å². The normalized spacial score (nSPS) is 10.8. The average Bonchev–Trinajstić information content (AvgIpc) is 2.23. The number of nitrogens with zero attached hydrogens (tertiary/aromatic N) is 1. The molecule has 0 fully saturated rings. The highest BCUT2D eigenvalue weighted by atomic mass is 79.9. The van der Waals surface area contributed by atoms with Crippen LogP contribution in [-0.2, 0) is 0 Å². The molecule has 0 aliphatic rings. The molecular formula is C12H17BrFNO. The van der Waals surface area contributed by atoms with Gasteiger partial charge in [0.1, 0.15) is 18.2 Å². The number of likely N-dealkylation sites (N-methyl/N-ethyl adjacent to an activating group) is 1. The molecule has 16 heavy (non-hydrogen) atoms. The Bertz CT molecular complexity index is 309. The van der Waals surface area contributed by atoms with Crippen LogP contribution >= 0.6 is 15.9 Å². The molecule has 1 aromatic rings. The molecule has 90 valence electrons. The monoisotopic (exact) mass is 289 g/mol. The van der Waals surface area contributed by atoms with E-state index >= 15 is 0 Å². The maximum absolute atomic E-state index is 13.0. The fraction of sp³-hybridized carbons (Fsp3) is 0.500. The van der Waals surface area contributed by atoms with E-state index in [1.807, 2.05) is 0 Å². The van der Waals surface area contributed by atoms with Crippen molar-refractivity contribution in [2.45, 2.75) is 13.8 Å². The van der Waals surface area contributed by atoms with Gasteiger partial charge in [-0.2, -0.15) is 0 Å². The van der Waals surface area contributed by atoms with Crippen molar-refractivity contribution in [1.82, 2.24) is 4.90 Å². The summed E-state index contributed by atoms with van der Waals surface area (Å²) in [6, 6.07) is 4.58. The lowest BCUT2D eigenvalue weighted by Gasteiger charge is -2.18. The van der Waals surface area contributed by atoms with Gasteiger partial charge in [-0.1, -0.05) is 29.8 Å². The zero-order valence-corrected chi connectivity index (χ0v) is 11.3. The maximum Gasteiger partial charge on any atom is 0.128 e. The molecule has 0 saturated carbocycles. The molecule has 0 aliphatic carbocycles. The predicted molar refractivity (Wildman–Crippen MR) is 67.4 cm³/mol. The molecule has 0 unspecified atom stereocenters. The van der Waals surface area contributed by atoms with Gasteiger partial charge in [-0.3, -0.25) is 0 Å². The number of hydrogen-bond acceptors (Lipinski definition) is 2. The SMILES string of the molecule is CCN(CC)CCOc1cc(F)cc(Br)c1. The summed E-state index contributed by atoms with van der Waals surface area (Å²) in [5.74, 6) is 0.284. The molecule has 0 radical (unpaired) electrons. The highest BCUT2D eigenvalue weighted by Gasteiger charge is 2.02. The Morgan fingerprint density at radius 1 is 1.25 bits per heavy atom. The second-order valence-corrected chi connectivity index (χ2v) is 4.40. The van der Waals surface area contributed by atoms with Gasteiger partial charge in [0.2, 0.25) is 0 Å². The van der Waals surface area contributed by atoms with Crippen LogP contribution in [0.2, 0.25) is 0 Å². The summed E-state index contributed by atoms with van der Waals surface area (Å²) < 4.78 is 19.2. The molecule has 4 heteroatoms. The summed E-state index contributed by atoms with van der Waals surface area (Å²) in [7, 11) is 0. The van der Waals surface area contributed by atoms with E-state index in [2.05, 4.69) is 34.7 Å². The van der Waals surface area contributed by atoms with E-state index in [9.17, 15) is 4.39 Å². The van der Waals surface area contributed by atoms with Gasteiger partial charge >= 0.3 is 0 Å². The molecule has 1 aromatic carbocycles.